The zero-order valence-corrected chi connectivity index (χ0v) is 16.3. The van der Waals surface area contributed by atoms with Crippen LogP contribution in [0.3, 0.4) is 0 Å². The maximum absolute atomic E-state index is 10.6. The Morgan fingerprint density at radius 2 is 1.87 bits per heavy atom. The van der Waals surface area contributed by atoms with E-state index in [1.54, 1.807) is 0 Å². The fourth-order valence-corrected chi connectivity index (χ4v) is 3.59. The predicted molar refractivity (Wildman–Crippen MR) is 105 cm³/mol. The van der Waals surface area contributed by atoms with Gasteiger partial charge < -0.3 is 14.8 Å². The molecule has 2 N–H and O–H groups in total. The third kappa shape index (κ3) is 4.80. The van der Waals surface area contributed by atoms with Crippen molar-refractivity contribution < 1.29 is 28.2 Å². The maximum Gasteiger partial charge on any atom is 0.490 e. The number of alkyl halides is 3. The molecule has 9 heteroatoms. The number of fused-ring (bicyclic) bond motifs is 2. The average molecular weight is 421 g/mol. The molecular formula is C21H22F3N3O3. The minimum Gasteiger partial charge on any atom is -0.475 e. The third-order valence-corrected chi connectivity index (χ3v) is 5.15. The number of halogens is 3. The van der Waals surface area contributed by atoms with Crippen LogP contribution >= 0.6 is 0 Å². The lowest BCUT2D eigenvalue weighted by atomic mass is 9.99. The summed E-state index contributed by atoms with van der Waals surface area (Å²) in [7, 11) is 2.03. The molecule has 0 saturated heterocycles. The Labute approximate surface area is 171 Å². The monoisotopic (exact) mass is 421 g/mol. The van der Waals surface area contributed by atoms with E-state index < -0.39 is 12.1 Å². The van der Waals surface area contributed by atoms with Gasteiger partial charge in [0.25, 0.3) is 0 Å². The van der Waals surface area contributed by atoms with Crippen LogP contribution in [0, 0.1) is 0 Å². The Morgan fingerprint density at radius 3 is 2.53 bits per heavy atom. The number of aliphatic hydroxyl groups is 1. The Kier molecular flexibility index (Phi) is 6.42. The number of benzene rings is 2. The minimum absolute atomic E-state index is 0.150. The number of carboxylic acids is 1. The van der Waals surface area contributed by atoms with Crippen molar-refractivity contribution >= 4 is 16.7 Å². The van der Waals surface area contributed by atoms with Crippen LogP contribution in [0.2, 0.25) is 0 Å². The van der Waals surface area contributed by atoms with Gasteiger partial charge in [-0.25, -0.2) is 9.78 Å². The van der Waals surface area contributed by atoms with Gasteiger partial charge in [0.2, 0.25) is 0 Å². The van der Waals surface area contributed by atoms with E-state index in [4.69, 9.17) is 9.90 Å². The largest absolute Gasteiger partial charge is 0.490 e. The lowest BCUT2D eigenvalue weighted by molar-refractivity contribution is -0.192. The molecule has 1 aliphatic heterocycles. The van der Waals surface area contributed by atoms with Crippen molar-refractivity contribution in [2.45, 2.75) is 31.7 Å². The third-order valence-electron chi connectivity index (χ3n) is 5.15. The van der Waals surface area contributed by atoms with Crippen molar-refractivity contribution in [3.05, 3.63) is 65.7 Å². The molecule has 0 bridgehead atoms. The van der Waals surface area contributed by atoms with Crippen molar-refractivity contribution in [3.8, 4) is 0 Å². The molecule has 1 aliphatic rings. The first-order valence-corrected chi connectivity index (χ1v) is 9.31. The Hall–Kier alpha value is -2.91. The van der Waals surface area contributed by atoms with Gasteiger partial charge in [-0.3, -0.25) is 4.90 Å². The van der Waals surface area contributed by atoms with E-state index in [1.165, 1.54) is 22.0 Å². The zero-order chi connectivity index (χ0) is 21.9. The Bertz CT molecular complexity index is 1030. The van der Waals surface area contributed by atoms with E-state index >= 15 is 0 Å². The molecule has 6 nitrogen and oxygen atoms in total. The van der Waals surface area contributed by atoms with E-state index in [0.29, 0.717) is 0 Å². The first-order chi connectivity index (χ1) is 14.2. The summed E-state index contributed by atoms with van der Waals surface area (Å²) >= 11 is 0. The van der Waals surface area contributed by atoms with Gasteiger partial charge in [-0.2, -0.15) is 13.2 Å². The van der Waals surface area contributed by atoms with Crippen LogP contribution in [0.5, 0.6) is 0 Å². The van der Waals surface area contributed by atoms with E-state index in [-0.39, 0.29) is 12.6 Å². The van der Waals surface area contributed by atoms with E-state index in [9.17, 15) is 18.3 Å². The number of imidazole rings is 1. The average Bonchev–Trinajstić information content (AvgIpc) is 3.07. The fraction of sp³-hybridized carbons (Fsp3) is 0.333. The number of carbonyl (C=O) groups is 1. The highest BCUT2D eigenvalue weighted by molar-refractivity contribution is 5.85. The molecule has 160 valence electrons. The first-order valence-electron chi connectivity index (χ1n) is 9.31. The SMILES string of the molecule is Cn1cnc2c1CC(CO)N(Cc1cccc3ccccc13)C2.O=C(O)C(F)(F)F. The van der Waals surface area contributed by atoms with Crippen molar-refractivity contribution in [2.75, 3.05) is 6.61 Å². The molecular weight excluding hydrogens is 399 g/mol. The molecule has 1 unspecified atom stereocenters. The number of aryl methyl sites for hydroxylation is 1. The van der Waals surface area contributed by atoms with Gasteiger partial charge in [0.1, 0.15) is 0 Å². The van der Waals surface area contributed by atoms with E-state index in [2.05, 4.69) is 56.9 Å². The van der Waals surface area contributed by atoms with E-state index in [0.717, 1.165) is 25.2 Å². The van der Waals surface area contributed by atoms with Gasteiger partial charge in [-0.05, 0) is 16.3 Å². The van der Waals surface area contributed by atoms with E-state index in [1.807, 2.05) is 13.4 Å². The minimum atomic E-state index is -5.08. The van der Waals surface area contributed by atoms with Crippen molar-refractivity contribution in [1.29, 1.82) is 0 Å². The molecule has 2 aromatic carbocycles. The van der Waals surface area contributed by atoms with Gasteiger partial charge in [-0.15, -0.1) is 0 Å². The second-order valence-electron chi connectivity index (χ2n) is 7.14. The van der Waals surface area contributed by atoms with Crippen LogP contribution in [-0.2, 0) is 31.4 Å². The molecule has 0 amide bonds. The molecule has 1 aromatic heterocycles. The number of carboxylic acid groups (broad SMARTS) is 1. The number of aliphatic hydroxyl groups excluding tert-OH is 1. The Balaban J connectivity index is 0.000000318. The molecule has 3 aromatic rings. The summed E-state index contributed by atoms with van der Waals surface area (Å²) in [6, 6.07) is 15.1. The molecule has 0 spiro atoms. The smallest absolute Gasteiger partial charge is 0.475 e. The summed E-state index contributed by atoms with van der Waals surface area (Å²) in [6.45, 7) is 1.81. The number of rotatable bonds is 3. The fourth-order valence-electron chi connectivity index (χ4n) is 3.59. The highest BCUT2D eigenvalue weighted by Crippen LogP contribution is 2.26. The van der Waals surface area contributed by atoms with Crippen molar-refractivity contribution in [1.82, 2.24) is 14.5 Å². The van der Waals surface area contributed by atoms with Crippen LogP contribution in [0.15, 0.2) is 48.8 Å². The molecule has 30 heavy (non-hydrogen) atoms. The van der Waals surface area contributed by atoms with Gasteiger partial charge in [0, 0.05) is 38.3 Å². The van der Waals surface area contributed by atoms with Gasteiger partial charge in [0.15, 0.2) is 0 Å². The summed E-state index contributed by atoms with van der Waals surface area (Å²) in [5, 5.41) is 19.5. The summed E-state index contributed by atoms with van der Waals surface area (Å²) in [6.07, 6.45) is -2.35. The van der Waals surface area contributed by atoms with Crippen molar-refractivity contribution in [2.24, 2.45) is 7.05 Å². The summed E-state index contributed by atoms with van der Waals surface area (Å²) in [5.41, 5.74) is 3.69. The van der Waals surface area contributed by atoms with Crippen LogP contribution in [0.1, 0.15) is 17.0 Å². The normalized spacial score (nSPS) is 16.6. The first kappa shape index (κ1) is 21.8. The summed E-state index contributed by atoms with van der Waals surface area (Å²) in [4.78, 5) is 15.8. The standard InChI is InChI=1S/C19H21N3O.C2HF3O2/c1-21-13-20-18-11-22(16(12-23)9-19(18)21)10-15-7-4-6-14-5-2-3-8-17(14)15;3-2(4,5)1(6)7/h2-8,13,16,23H,9-12H2,1H3;(H,6,7). The lowest BCUT2D eigenvalue weighted by Crippen LogP contribution is -2.42. The zero-order valence-electron chi connectivity index (χ0n) is 16.3. The molecule has 1 atom stereocenters. The highest BCUT2D eigenvalue weighted by atomic mass is 19.4. The van der Waals surface area contributed by atoms with Gasteiger partial charge >= 0.3 is 12.1 Å². The topological polar surface area (TPSA) is 78.6 Å². The lowest BCUT2D eigenvalue weighted by Gasteiger charge is -2.34. The molecule has 0 fully saturated rings. The summed E-state index contributed by atoms with van der Waals surface area (Å²) in [5.74, 6) is -2.76. The van der Waals surface area contributed by atoms with Gasteiger partial charge in [-0.1, -0.05) is 42.5 Å². The maximum atomic E-state index is 10.6. The highest BCUT2D eigenvalue weighted by Gasteiger charge is 2.38. The van der Waals surface area contributed by atoms with Gasteiger partial charge in [0.05, 0.1) is 18.6 Å². The molecule has 0 aliphatic carbocycles. The number of aromatic nitrogens is 2. The predicted octanol–water partition coefficient (Wildman–Crippen LogP) is 3.13. The van der Waals surface area contributed by atoms with Crippen LogP contribution in [0.4, 0.5) is 13.2 Å². The van der Waals surface area contributed by atoms with Crippen LogP contribution in [-0.4, -0.2) is 49.5 Å². The Morgan fingerprint density at radius 1 is 1.20 bits per heavy atom. The number of nitrogens with zero attached hydrogens (tertiary/aromatic N) is 3. The number of hydrogen-bond donors (Lipinski definition) is 2. The molecule has 4 rings (SSSR count). The number of hydrogen-bond acceptors (Lipinski definition) is 4. The molecule has 0 saturated carbocycles. The van der Waals surface area contributed by atoms with Crippen molar-refractivity contribution in [3.63, 3.8) is 0 Å². The molecule has 2 heterocycles. The summed E-state index contributed by atoms with van der Waals surface area (Å²) < 4.78 is 33.8. The second kappa shape index (κ2) is 8.85. The van der Waals surface area contributed by atoms with Crippen LogP contribution in [0.25, 0.3) is 10.8 Å². The second-order valence-corrected chi connectivity index (χ2v) is 7.14. The number of aliphatic carboxylic acids is 1. The van der Waals surface area contributed by atoms with Crippen LogP contribution < -0.4 is 0 Å². The molecule has 0 radical (unpaired) electrons. The quantitative estimate of drug-likeness (QED) is 0.680.